The Morgan fingerprint density at radius 2 is 1.74 bits per heavy atom. The van der Waals surface area contributed by atoms with Crippen molar-refractivity contribution < 1.29 is 9.53 Å². The van der Waals surface area contributed by atoms with Crippen molar-refractivity contribution in [3.8, 4) is 0 Å². The lowest BCUT2D eigenvalue weighted by atomic mass is 9.88. The maximum atomic E-state index is 11.6. The minimum absolute atomic E-state index is 0.187. The van der Waals surface area contributed by atoms with Crippen LogP contribution in [0.25, 0.3) is 0 Å². The van der Waals surface area contributed by atoms with Crippen molar-refractivity contribution >= 4 is 5.97 Å². The molecule has 0 saturated heterocycles. The molecule has 1 aliphatic carbocycles. The van der Waals surface area contributed by atoms with Gasteiger partial charge in [-0.05, 0) is 38.5 Å². The van der Waals surface area contributed by atoms with Crippen LogP contribution in [0.15, 0.2) is 12.7 Å². The molecule has 0 bridgehead atoms. The lowest BCUT2D eigenvalue weighted by molar-refractivity contribution is -0.156. The summed E-state index contributed by atoms with van der Waals surface area (Å²) in [5.41, 5.74) is -0.187. The van der Waals surface area contributed by atoms with Crippen LogP contribution in [-0.4, -0.2) is 11.6 Å². The van der Waals surface area contributed by atoms with Crippen LogP contribution < -0.4 is 0 Å². The number of esters is 1. The quantitative estimate of drug-likeness (QED) is 0.262. The summed E-state index contributed by atoms with van der Waals surface area (Å²) in [4.78, 5) is 11.6. The summed E-state index contributed by atoms with van der Waals surface area (Å²) in [6.07, 6.45) is 15.7. The van der Waals surface area contributed by atoms with E-state index < -0.39 is 0 Å². The minimum atomic E-state index is -0.240. The largest absolute Gasteiger partial charge is 0.456 e. The van der Waals surface area contributed by atoms with Crippen LogP contribution in [0.4, 0.5) is 0 Å². The topological polar surface area (TPSA) is 26.3 Å². The van der Waals surface area contributed by atoms with E-state index in [1.807, 2.05) is 0 Å². The Bertz CT molecular complexity index is 262. The van der Waals surface area contributed by atoms with Crippen LogP contribution in [0, 0.1) is 0 Å². The zero-order chi connectivity index (χ0) is 14.0. The van der Waals surface area contributed by atoms with E-state index in [4.69, 9.17) is 4.74 Å². The monoisotopic (exact) mass is 266 g/mol. The predicted octanol–water partition coefficient (Wildman–Crippen LogP) is 5.17. The highest BCUT2D eigenvalue weighted by atomic mass is 16.6. The average Bonchev–Trinajstić information content (AvgIpc) is 2.64. The molecule has 19 heavy (non-hydrogen) atoms. The summed E-state index contributed by atoms with van der Waals surface area (Å²) in [5, 5.41) is 0. The highest BCUT2D eigenvalue weighted by Crippen LogP contribution is 2.35. The van der Waals surface area contributed by atoms with Crippen molar-refractivity contribution in [1.82, 2.24) is 0 Å². The standard InChI is InChI=1S/C17H30O2/c1-3-5-6-7-10-13-17(19-16(18)4-2)14-11-8-9-12-15-17/h4H,2-3,5-15H2,1H3. The van der Waals surface area contributed by atoms with Gasteiger partial charge in [0.1, 0.15) is 5.60 Å². The molecule has 0 aliphatic heterocycles. The fraction of sp³-hybridized carbons (Fsp3) is 0.824. The number of unbranched alkanes of at least 4 members (excludes halogenated alkanes) is 4. The fourth-order valence-corrected chi connectivity index (χ4v) is 3.08. The van der Waals surface area contributed by atoms with Crippen LogP contribution in [0.3, 0.4) is 0 Å². The van der Waals surface area contributed by atoms with Crippen molar-refractivity contribution in [2.45, 2.75) is 89.6 Å². The Labute approximate surface area is 118 Å². The second-order valence-corrected chi connectivity index (χ2v) is 5.89. The van der Waals surface area contributed by atoms with E-state index in [0.717, 1.165) is 19.3 Å². The second kappa shape index (κ2) is 9.17. The molecule has 0 unspecified atom stereocenters. The third-order valence-electron chi connectivity index (χ3n) is 4.23. The smallest absolute Gasteiger partial charge is 0.330 e. The van der Waals surface area contributed by atoms with E-state index in [0.29, 0.717) is 0 Å². The van der Waals surface area contributed by atoms with Crippen molar-refractivity contribution in [3.63, 3.8) is 0 Å². The first-order chi connectivity index (χ1) is 9.22. The Hall–Kier alpha value is -0.790. The van der Waals surface area contributed by atoms with Crippen LogP contribution in [0.5, 0.6) is 0 Å². The summed E-state index contributed by atoms with van der Waals surface area (Å²) in [6.45, 7) is 5.76. The Balaban J connectivity index is 2.47. The number of hydrogen-bond acceptors (Lipinski definition) is 2. The minimum Gasteiger partial charge on any atom is -0.456 e. The molecular weight excluding hydrogens is 236 g/mol. The fourth-order valence-electron chi connectivity index (χ4n) is 3.08. The van der Waals surface area contributed by atoms with E-state index in [9.17, 15) is 4.79 Å². The number of carbonyl (C=O) groups excluding carboxylic acids is 1. The van der Waals surface area contributed by atoms with Crippen molar-refractivity contribution in [2.24, 2.45) is 0 Å². The highest BCUT2D eigenvalue weighted by Gasteiger charge is 2.33. The first-order valence-corrected chi connectivity index (χ1v) is 8.08. The van der Waals surface area contributed by atoms with Gasteiger partial charge in [0.05, 0.1) is 0 Å². The summed E-state index contributed by atoms with van der Waals surface area (Å²) in [6, 6.07) is 0. The van der Waals surface area contributed by atoms with Crippen molar-refractivity contribution in [3.05, 3.63) is 12.7 Å². The molecule has 0 aromatic rings. The highest BCUT2D eigenvalue weighted by molar-refractivity contribution is 5.81. The van der Waals surface area contributed by atoms with Crippen LogP contribution >= 0.6 is 0 Å². The first kappa shape index (κ1) is 16.3. The van der Waals surface area contributed by atoms with Gasteiger partial charge in [0.15, 0.2) is 0 Å². The van der Waals surface area contributed by atoms with E-state index in [2.05, 4.69) is 13.5 Å². The van der Waals surface area contributed by atoms with E-state index in [1.165, 1.54) is 63.9 Å². The SMILES string of the molecule is C=CC(=O)OC1(CCCCCCC)CCCCCC1. The first-order valence-electron chi connectivity index (χ1n) is 8.08. The van der Waals surface area contributed by atoms with Crippen molar-refractivity contribution in [2.75, 3.05) is 0 Å². The molecule has 1 saturated carbocycles. The molecule has 0 heterocycles. The molecule has 0 radical (unpaired) electrons. The van der Waals surface area contributed by atoms with Gasteiger partial charge in [0.2, 0.25) is 0 Å². The Morgan fingerprint density at radius 1 is 1.11 bits per heavy atom. The van der Waals surface area contributed by atoms with Gasteiger partial charge in [0.25, 0.3) is 0 Å². The lowest BCUT2D eigenvalue weighted by Gasteiger charge is -2.32. The zero-order valence-electron chi connectivity index (χ0n) is 12.6. The molecule has 1 fully saturated rings. The molecule has 0 aromatic carbocycles. The molecular formula is C17H30O2. The molecule has 0 amide bonds. The summed E-state index contributed by atoms with van der Waals surface area (Å²) in [7, 11) is 0. The number of ether oxygens (including phenoxy) is 1. The molecule has 1 rings (SSSR count). The second-order valence-electron chi connectivity index (χ2n) is 5.89. The van der Waals surface area contributed by atoms with Gasteiger partial charge in [0, 0.05) is 6.08 Å². The number of rotatable bonds is 8. The van der Waals surface area contributed by atoms with Gasteiger partial charge >= 0.3 is 5.97 Å². The van der Waals surface area contributed by atoms with E-state index >= 15 is 0 Å². The Kier molecular flexibility index (Phi) is 7.85. The molecule has 0 N–H and O–H groups in total. The summed E-state index contributed by atoms with van der Waals surface area (Å²) >= 11 is 0. The molecule has 2 nitrogen and oxygen atoms in total. The zero-order valence-corrected chi connectivity index (χ0v) is 12.6. The molecule has 110 valence electrons. The number of carbonyl (C=O) groups is 1. The third kappa shape index (κ3) is 6.26. The van der Waals surface area contributed by atoms with Gasteiger partial charge in [-0.1, -0.05) is 52.0 Å². The van der Waals surface area contributed by atoms with Crippen molar-refractivity contribution in [1.29, 1.82) is 0 Å². The van der Waals surface area contributed by atoms with Gasteiger partial charge < -0.3 is 4.74 Å². The van der Waals surface area contributed by atoms with Crippen LogP contribution in [0.1, 0.15) is 84.0 Å². The van der Waals surface area contributed by atoms with Crippen LogP contribution in [-0.2, 0) is 9.53 Å². The van der Waals surface area contributed by atoms with Crippen LogP contribution in [0.2, 0.25) is 0 Å². The average molecular weight is 266 g/mol. The maximum Gasteiger partial charge on any atom is 0.330 e. The lowest BCUT2D eigenvalue weighted by Crippen LogP contribution is -2.34. The van der Waals surface area contributed by atoms with Gasteiger partial charge in [-0.15, -0.1) is 0 Å². The molecule has 0 aromatic heterocycles. The van der Waals surface area contributed by atoms with E-state index in [1.54, 1.807) is 0 Å². The van der Waals surface area contributed by atoms with Gasteiger partial charge in [-0.2, -0.15) is 0 Å². The predicted molar refractivity (Wildman–Crippen MR) is 80.1 cm³/mol. The van der Waals surface area contributed by atoms with Gasteiger partial charge in [-0.25, -0.2) is 4.79 Å². The Morgan fingerprint density at radius 3 is 2.32 bits per heavy atom. The number of hydrogen-bond donors (Lipinski definition) is 0. The summed E-state index contributed by atoms with van der Waals surface area (Å²) < 4.78 is 5.76. The summed E-state index contributed by atoms with van der Waals surface area (Å²) in [5.74, 6) is -0.240. The molecule has 2 heteroatoms. The molecule has 1 aliphatic rings. The molecule has 0 spiro atoms. The molecule has 0 atom stereocenters. The maximum absolute atomic E-state index is 11.6. The normalized spacial score (nSPS) is 18.6. The van der Waals surface area contributed by atoms with Gasteiger partial charge in [-0.3, -0.25) is 0 Å². The van der Waals surface area contributed by atoms with E-state index in [-0.39, 0.29) is 11.6 Å². The third-order valence-corrected chi connectivity index (χ3v) is 4.23.